The van der Waals surface area contributed by atoms with Gasteiger partial charge < -0.3 is 11.1 Å². The highest BCUT2D eigenvalue weighted by Crippen LogP contribution is 2.28. The second-order valence-electron chi connectivity index (χ2n) is 6.75. The molecule has 4 aromatic rings. The molecule has 33 heavy (non-hydrogen) atoms. The number of carbonyl (C=O) groups excluding carboxylic acids is 1. The van der Waals surface area contributed by atoms with Crippen molar-refractivity contribution in [1.82, 2.24) is 25.0 Å². The van der Waals surface area contributed by atoms with E-state index in [1.165, 1.54) is 0 Å². The number of aromatic nitrogens is 5. The maximum absolute atomic E-state index is 11.9. The van der Waals surface area contributed by atoms with Gasteiger partial charge in [0.15, 0.2) is 11.5 Å². The van der Waals surface area contributed by atoms with Gasteiger partial charge in [-0.2, -0.15) is 5.10 Å². The SMILES string of the molecule is Cc1cccc(N/N=C\c2ccc(Nc3nn(-c4c(Cl)cccc4Cl)nc3C(N)=O)cn2)n1. The molecule has 0 saturated heterocycles. The van der Waals surface area contributed by atoms with Crippen LogP contribution in [0, 0.1) is 6.92 Å². The molecule has 0 aliphatic heterocycles. The fourth-order valence-electron chi connectivity index (χ4n) is 2.80. The smallest absolute Gasteiger partial charge is 0.273 e. The number of pyridine rings is 2. The molecule has 3 aromatic heterocycles. The van der Waals surface area contributed by atoms with E-state index < -0.39 is 5.91 Å². The first-order valence-electron chi connectivity index (χ1n) is 9.58. The number of amides is 1. The van der Waals surface area contributed by atoms with E-state index in [9.17, 15) is 4.79 Å². The van der Waals surface area contributed by atoms with Crippen molar-refractivity contribution in [2.75, 3.05) is 10.7 Å². The monoisotopic (exact) mass is 481 g/mol. The number of rotatable bonds is 7. The number of hydrogen-bond donors (Lipinski definition) is 3. The second-order valence-corrected chi connectivity index (χ2v) is 7.57. The van der Waals surface area contributed by atoms with Crippen molar-refractivity contribution in [2.24, 2.45) is 10.8 Å². The Bertz CT molecular complexity index is 1320. The maximum Gasteiger partial charge on any atom is 0.273 e. The van der Waals surface area contributed by atoms with Gasteiger partial charge in [0, 0.05) is 5.69 Å². The molecule has 12 heteroatoms. The lowest BCUT2D eigenvalue weighted by molar-refractivity contribution is 0.0996. The van der Waals surface area contributed by atoms with Crippen LogP contribution < -0.4 is 16.5 Å². The molecule has 0 aliphatic rings. The van der Waals surface area contributed by atoms with Gasteiger partial charge in [0.05, 0.1) is 33.8 Å². The lowest BCUT2D eigenvalue weighted by atomic mass is 10.3. The molecule has 4 rings (SSSR count). The zero-order valence-electron chi connectivity index (χ0n) is 17.2. The van der Waals surface area contributed by atoms with Gasteiger partial charge in [-0.1, -0.05) is 35.3 Å². The molecule has 0 aliphatic carbocycles. The number of nitrogens with two attached hydrogens (primary N) is 1. The first kappa shape index (κ1) is 22.2. The summed E-state index contributed by atoms with van der Waals surface area (Å²) in [5, 5.41) is 16.2. The lowest BCUT2D eigenvalue weighted by Crippen LogP contribution is -2.14. The lowest BCUT2D eigenvalue weighted by Gasteiger charge is -2.05. The molecular formula is C21H17Cl2N9O. The van der Waals surface area contributed by atoms with E-state index in [1.54, 1.807) is 42.7 Å². The summed E-state index contributed by atoms with van der Waals surface area (Å²) in [5.41, 5.74) is 10.6. The molecule has 0 radical (unpaired) electrons. The van der Waals surface area contributed by atoms with Gasteiger partial charge in [-0.25, -0.2) is 4.98 Å². The van der Waals surface area contributed by atoms with Crippen LogP contribution in [-0.2, 0) is 0 Å². The highest BCUT2D eigenvalue weighted by atomic mass is 35.5. The highest BCUT2D eigenvalue weighted by molar-refractivity contribution is 6.37. The third-order valence-electron chi connectivity index (χ3n) is 4.30. The third kappa shape index (κ3) is 5.25. The van der Waals surface area contributed by atoms with E-state index >= 15 is 0 Å². The number of anilines is 3. The van der Waals surface area contributed by atoms with Crippen molar-refractivity contribution in [3.63, 3.8) is 0 Å². The first-order chi connectivity index (χ1) is 15.9. The van der Waals surface area contributed by atoms with E-state index in [1.807, 2.05) is 25.1 Å². The summed E-state index contributed by atoms with van der Waals surface area (Å²) in [6, 6.07) is 14.0. The molecule has 0 bridgehead atoms. The van der Waals surface area contributed by atoms with Crippen LogP contribution in [0.25, 0.3) is 5.69 Å². The average molecular weight is 482 g/mol. The summed E-state index contributed by atoms with van der Waals surface area (Å²) in [7, 11) is 0. The molecule has 0 atom stereocenters. The van der Waals surface area contributed by atoms with Gasteiger partial charge in [-0.15, -0.1) is 15.0 Å². The number of carbonyl (C=O) groups is 1. The third-order valence-corrected chi connectivity index (χ3v) is 4.91. The quantitative estimate of drug-likeness (QED) is 0.268. The Morgan fingerprint density at radius 2 is 1.85 bits per heavy atom. The normalized spacial score (nSPS) is 11.0. The minimum absolute atomic E-state index is 0.0773. The average Bonchev–Trinajstić information content (AvgIpc) is 3.18. The van der Waals surface area contributed by atoms with E-state index in [0.717, 1.165) is 10.5 Å². The Hall–Kier alpha value is -4.02. The summed E-state index contributed by atoms with van der Waals surface area (Å²) in [6.07, 6.45) is 3.11. The number of halogens is 2. The van der Waals surface area contributed by atoms with E-state index in [2.05, 4.69) is 36.0 Å². The van der Waals surface area contributed by atoms with Gasteiger partial charge >= 0.3 is 0 Å². The Labute approximate surface area is 198 Å². The van der Waals surface area contributed by atoms with E-state index in [-0.39, 0.29) is 11.5 Å². The zero-order chi connectivity index (χ0) is 23.4. The van der Waals surface area contributed by atoms with Gasteiger partial charge in [0.1, 0.15) is 11.5 Å². The van der Waals surface area contributed by atoms with Crippen molar-refractivity contribution < 1.29 is 4.79 Å². The Kier molecular flexibility index (Phi) is 6.48. The number of primary amides is 1. The maximum atomic E-state index is 11.9. The standard InChI is InChI=1S/C21H17Cl2N9O/c1-12-4-2-7-17(27-12)29-26-11-13-8-9-14(10-25-13)28-21-18(20(24)33)30-32(31-21)19-15(22)5-3-6-16(19)23/h2-11H,1H3,(H2,24,33)(H,27,29)(H,28,31)/b26-11-. The summed E-state index contributed by atoms with van der Waals surface area (Å²) < 4.78 is 0. The zero-order valence-corrected chi connectivity index (χ0v) is 18.7. The van der Waals surface area contributed by atoms with Gasteiger partial charge in [-0.3, -0.25) is 15.2 Å². The number of nitrogens with one attached hydrogen (secondary N) is 2. The van der Waals surface area contributed by atoms with Crippen molar-refractivity contribution in [3.8, 4) is 5.69 Å². The molecule has 0 saturated carbocycles. The minimum Gasteiger partial charge on any atom is -0.364 e. The molecule has 10 nitrogen and oxygen atoms in total. The molecule has 1 aromatic carbocycles. The van der Waals surface area contributed by atoms with Gasteiger partial charge in [0.2, 0.25) is 0 Å². The molecule has 166 valence electrons. The fraction of sp³-hybridized carbons (Fsp3) is 0.0476. The van der Waals surface area contributed by atoms with Gasteiger partial charge in [-0.05, 0) is 43.3 Å². The topological polar surface area (TPSA) is 136 Å². The second kappa shape index (κ2) is 9.63. The van der Waals surface area contributed by atoms with Crippen LogP contribution in [0.4, 0.5) is 17.3 Å². The first-order valence-corrected chi connectivity index (χ1v) is 10.3. The van der Waals surface area contributed by atoms with Crippen LogP contribution >= 0.6 is 23.2 Å². The fourth-order valence-corrected chi connectivity index (χ4v) is 3.35. The summed E-state index contributed by atoms with van der Waals surface area (Å²) in [4.78, 5) is 21.7. The van der Waals surface area contributed by atoms with Crippen molar-refractivity contribution in [2.45, 2.75) is 6.92 Å². The molecule has 4 N–H and O–H groups in total. The predicted molar refractivity (Wildman–Crippen MR) is 128 cm³/mol. The van der Waals surface area contributed by atoms with Crippen LogP contribution in [0.5, 0.6) is 0 Å². The number of nitrogens with zero attached hydrogens (tertiary/aromatic N) is 6. The highest BCUT2D eigenvalue weighted by Gasteiger charge is 2.20. The number of hydrogen-bond acceptors (Lipinski definition) is 8. The number of aryl methyl sites for hydroxylation is 1. The Morgan fingerprint density at radius 1 is 1.09 bits per heavy atom. The van der Waals surface area contributed by atoms with Crippen LogP contribution in [0.1, 0.15) is 21.9 Å². The summed E-state index contributed by atoms with van der Waals surface area (Å²) >= 11 is 12.4. The molecule has 3 heterocycles. The van der Waals surface area contributed by atoms with Crippen LogP contribution in [0.15, 0.2) is 59.8 Å². The van der Waals surface area contributed by atoms with Crippen molar-refractivity contribution in [1.29, 1.82) is 0 Å². The van der Waals surface area contributed by atoms with Gasteiger partial charge in [0.25, 0.3) is 5.91 Å². The Morgan fingerprint density at radius 3 is 2.52 bits per heavy atom. The largest absolute Gasteiger partial charge is 0.364 e. The van der Waals surface area contributed by atoms with E-state index in [0.29, 0.717) is 32.9 Å². The summed E-state index contributed by atoms with van der Waals surface area (Å²) in [6.45, 7) is 1.90. The van der Waals surface area contributed by atoms with Crippen LogP contribution in [0.3, 0.4) is 0 Å². The Balaban J connectivity index is 1.51. The van der Waals surface area contributed by atoms with Crippen molar-refractivity contribution in [3.05, 3.63) is 81.9 Å². The summed E-state index contributed by atoms with van der Waals surface area (Å²) in [5.74, 6) is -0.00131. The minimum atomic E-state index is -0.764. The predicted octanol–water partition coefficient (Wildman–Crippen LogP) is 3.96. The number of para-hydroxylation sites is 1. The van der Waals surface area contributed by atoms with Crippen molar-refractivity contribution >= 4 is 52.6 Å². The number of benzene rings is 1. The number of hydrazone groups is 1. The van der Waals surface area contributed by atoms with Crippen LogP contribution in [0.2, 0.25) is 10.0 Å². The molecule has 0 unspecified atom stereocenters. The molecular weight excluding hydrogens is 465 g/mol. The molecule has 1 amide bonds. The molecule has 0 spiro atoms. The van der Waals surface area contributed by atoms with Crippen LogP contribution in [-0.4, -0.2) is 37.1 Å². The van der Waals surface area contributed by atoms with E-state index in [4.69, 9.17) is 28.9 Å². The molecule has 0 fully saturated rings.